The van der Waals surface area contributed by atoms with Crippen molar-refractivity contribution in [2.45, 2.75) is 20.8 Å². The van der Waals surface area contributed by atoms with E-state index >= 15 is 0 Å². The van der Waals surface area contributed by atoms with Gasteiger partial charge in [0.2, 0.25) is 12.2 Å². The molecule has 3 aromatic carbocycles. The van der Waals surface area contributed by atoms with Gasteiger partial charge in [-0.3, -0.25) is 0 Å². The van der Waals surface area contributed by atoms with E-state index in [4.69, 9.17) is 0 Å². The third-order valence-electron chi connectivity index (χ3n) is 6.23. The summed E-state index contributed by atoms with van der Waals surface area (Å²) in [5.74, 6) is 2.43. The third-order valence-corrected chi connectivity index (χ3v) is 6.23. The smallest absolute Gasteiger partial charge is 0.246 e. The normalized spacial score (nSPS) is 10.2. The fourth-order valence-corrected chi connectivity index (χ4v) is 4.27. The first kappa shape index (κ1) is 26.3. The third kappa shape index (κ3) is 4.48. The molecule has 0 amide bonds. The molecule has 11 nitrogen and oxygen atoms in total. The van der Waals surface area contributed by atoms with Crippen molar-refractivity contribution >= 4 is 35.1 Å². The Balaban J connectivity index is 2.27. The summed E-state index contributed by atoms with van der Waals surface area (Å²) >= 11 is 0. The van der Waals surface area contributed by atoms with Gasteiger partial charge >= 0.3 is 17.1 Å². The van der Waals surface area contributed by atoms with Gasteiger partial charge in [0.25, 0.3) is 0 Å². The van der Waals surface area contributed by atoms with Crippen molar-refractivity contribution < 1.29 is 9.59 Å². The Morgan fingerprint density at radius 2 is 0.872 bits per heavy atom. The van der Waals surface area contributed by atoms with E-state index < -0.39 is 17.1 Å². The molecule has 4 aromatic rings. The summed E-state index contributed by atoms with van der Waals surface area (Å²) in [7, 11) is 0. The Labute approximate surface area is 220 Å². The number of hydrogen-bond donors (Lipinski definition) is 0. The molecule has 0 N–H and O–H groups in total. The molecule has 1 aromatic heterocycles. The minimum absolute atomic E-state index is 0.0987. The number of carbonyl (C=O) groups excluding carboxylic acids is 2. The van der Waals surface area contributed by atoms with Crippen molar-refractivity contribution in [1.29, 1.82) is 0 Å². The van der Waals surface area contributed by atoms with E-state index in [-0.39, 0.29) is 28.4 Å². The van der Waals surface area contributed by atoms with E-state index in [0.717, 1.165) is 13.7 Å². The maximum atomic E-state index is 14.0. The number of rotatable bonds is 6. The van der Waals surface area contributed by atoms with Crippen LogP contribution in [0.2, 0.25) is 0 Å². The first-order valence-electron chi connectivity index (χ1n) is 11.5. The highest BCUT2D eigenvalue weighted by molar-refractivity contribution is 5.64. The molecule has 192 valence electrons. The SMILES string of the molecule is C=C=Nc1cccc(-n2c(=O)n(-c3cccc(N=C=O)c3C)c(=O)n(-c3cccc(N=C=O)c3C)c2=O)c1C. The summed E-state index contributed by atoms with van der Waals surface area (Å²) in [6.45, 7) is 8.29. The lowest BCUT2D eigenvalue weighted by Gasteiger charge is -2.18. The van der Waals surface area contributed by atoms with Gasteiger partial charge in [0.1, 0.15) is 0 Å². The van der Waals surface area contributed by atoms with Gasteiger partial charge in [0, 0.05) is 0 Å². The molecule has 0 fully saturated rings. The average molecular weight is 521 g/mol. The van der Waals surface area contributed by atoms with E-state index in [1.807, 2.05) is 0 Å². The van der Waals surface area contributed by atoms with Crippen molar-refractivity contribution in [1.82, 2.24) is 13.7 Å². The molecule has 0 saturated carbocycles. The van der Waals surface area contributed by atoms with Crippen LogP contribution < -0.4 is 17.1 Å². The monoisotopic (exact) mass is 520 g/mol. The number of aromatic nitrogens is 3. The van der Waals surface area contributed by atoms with Crippen LogP contribution in [0.5, 0.6) is 0 Å². The molecule has 39 heavy (non-hydrogen) atoms. The first-order valence-corrected chi connectivity index (χ1v) is 11.5. The lowest BCUT2D eigenvalue weighted by molar-refractivity contribution is 0.564. The molecule has 0 aliphatic carbocycles. The molecule has 0 saturated heterocycles. The molecule has 0 unspecified atom stereocenters. The highest BCUT2D eigenvalue weighted by Crippen LogP contribution is 2.26. The van der Waals surface area contributed by atoms with Gasteiger partial charge in [-0.2, -0.15) is 9.98 Å². The molecular formula is C28H20N6O5. The average Bonchev–Trinajstić information content (AvgIpc) is 2.90. The standard InChI is InChI=1S/C28H20N6O5/c1-5-29-20-9-6-12-23(17(20)2)32-26(37)33(24-13-7-10-21(18(24)3)30-15-35)28(39)34(27(32)38)25-14-8-11-22(19(25)4)31-16-36/h6-14H,1H2,2-4H3. The van der Waals surface area contributed by atoms with Crippen molar-refractivity contribution in [2.24, 2.45) is 15.0 Å². The minimum Gasteiger partial charge on any atom is -0.246 e. The summed E-state index contributed by atoms with van der Waals surface area (Å²) in [5.41, 5.74) is -0.629. The molecule has 11 heteroatoms. The van der Waals surface area contributed by atoms with Crippen LogP contribution in [0.15, 0.2) is 90.5 Å². The Morgan fingerprint density at radius 1 is 0.564 bits per heavy atom. The molecule has 0 aliphatic rings. The predicted molar refractivity (Wildman–Crippen MR) is 146 cm³/mol. The van der Waals surface area contributed by atoms with Crippen LogP contribution >= 0.6 is 0 Å². The van der Waals surface area contributed by atoms with Crippen LogP contribution in [0.3, 0.4) is 0 Å². The van der Waals surface area contributed by atoms with Gasteiger partial charge in [0.05, 0.1) is 34.1 Å². The summed E-state index contributed by atoms with van der Waals surface area (Å²) < 4.78 is 2.49. The van der Waals surface area contributed by atoms with E-state index in [0.29, 0.717) is 22.4 Å². The van der Waals surface area contributed by atoms with E-state index in [1.165, 1.54) is 48.6 Å². The molecular weight excluding hydrogens is 500 g/mol. The minimum atomic E-state index is -0.982. The van der Waals surface area contributed by atoms with E-state index in [2.05, 4.69) is 27.4 Å². The lowest BCUT2D eigenvalue weighted by atomic mass is 10.1. The number of isocyanates is 2. The van der Waals surface area contributed by atoms with Gasteiger partial charge in [-0.05, 0) is 86.3 Å². The fraction of sp³-hybridized carbons (Fsp3) is 0.107. The zero-order chi connectivity index (χ0) is 28.3. The first-order chi connectivity index (χ1) is 18.8. The number of hydrogen-bond acceptors (Lipinski definition) is 8. The lowest BCUT2D eigenvalue weighted by Crippen LogP contribution is -2.53. The van der Waals surface area contributed by atoms with Crippen LogP contribution in [0.25, 0.3) is 17.1 Å². The zero-order valence-electron chi connectivity index (χ0n) is 21.1. The molecule has 1 heterocycles. The van der Waals surface area contributed by atoms with Gasteiger partial charge in [-0.1, -0.05) is 18.2 Å². The van der Waals surface area contributed by atoms with Gasteiger partial charge in [-0.25, -0.2) is 42.7 Å². The van der Waals surface area contributed by atoms with Crippen LogP contribution in [-0.2, 0) is 9.59 Å². The second kappa shape index (κ2) is 10.7. The second-order valence-electron chi connectivity index (χ2n) is 8.29. The quantitative estimate of drug-likeness (QED) is 0.283. The number of nitrogens with zero attached hydrogens (tertiary/aromatic N) is 6. The van der Waals surface area contributed by atoms with Crippen molar-refractivity contribution in [3.63, 3.8) is 0 Å². The second-order valence-corrected chi connectivity index (χ2v) is 8.29. The molecule has 0 spiro atoms. The van der Waals surface area contributed by atoms with Crippen LogP contribution in [0, 0.1) is 20.8 Å². The topological polar surface area (TPSA) is 137 Å². The number of aliphatic imine (C=N–C) groups is 3. The summed E-state index contributed by atoms with van der Waals surface area (Å²) in [6, 6.07) is 13.9. The van der Waals surface area contributed by atoms with Crippen molar-refractivity contribution in [2.75, 3.05) is 0 Å². The highest BCUT2D eigenvalue weighted by Gasteiger charge is 2.23. The van der Waals surface area contributed by atoms with E-state index in [1.54, 1.807) is 39.0 Å². The van der Waals surface area contributed by atoms with Crippen molar-refractivity contribution in [3.05, 3.63) is 109 Å². The van der Waals surface area contributed by atoms with Crippen LogP contribution in [-0.4, -0.2) is 31.7 Å². The Morgan fingerprint density at radius 3 is 1.15 bits per heavy atom. The summed E-state index contributed by atoms with van der Waals surface area (Å²) in [6.07, 6.45) is 2.91. The molecule has 0 aliphatic heterocycles. The highest BCUT2D eigenvalue weighted by atomic mass is 16.2. The van der Waals surface area contributed by atoms with Crippen molar-refractivity contribution in [3.8, 4) is 17.1 Å². The van der Waals surface area contributed by atoms with Crippen LogP contribution in [0.4, 0.5) is 17.1 Å². The van der Waals surface area contributed by atoms with Gasteiger partial charge in [-0.15, -0.1) is 0 Å². The number of benzene rings is 3. The molecule has 0 bridgehead atoms. The Kier molecular flexibility index (Phi) is 7.24. The van der Waals surface area contributed by atoms with Gasteiger partial charge < -0.3 is 0 Å². The Hall–Kier alpha value is -5.72. The summed E-state index contributed by atoms with van der Waals surface area (Å²) in [5, 5.41) is 0. The Bertz CT molecular complexity index is 1720. The van der Waals surface area contributed by atoms with E-state index in [9.17, 15) is 24.0 Å². The molecule has 4 rings (SSSR count). The maximum absolute atomic E-state index is 14.0. The predicted octanol–water partition coefficient (Wildman–Crippen LogP) is 3.49. The maximum Gasteiger partial charge on any atom is 0.345 e. The molecule has 0 atom stereocenters. The zero-order valence-corrected chi connectivity index (χ0v) is 21.1. The van der Waals surface area contributed by atoms with Gasteiger partial charge in [0.15, 0.2) is 0 Å². The largest absolute Gasteiger partial charge is 0.345 e. The summed E-state index contributed by atoms with van der Waals surface area (Å²) in [4.78, 5) is 75.2. The fourth-order valence-electron chi connectivity index (χ4n) is 4.27. The van der Waals surface area contributed by atoms with Crippen LogP contribution in [0.1, 0.15) is 16.7 Å². The molecule has 0 radical (unpaired) electrons.